The fraction of sp³-hybridized carbons (Fsp3) is 0.733. The first-order valence-electron chi connectivity index (χ1n) is 23.7. The fourth-order valence-corrected chi connectivity index (χ4v) is 5.71. The monoisotopic (exact) mass is 1030 g/mol. The highest BCUT2D eigenvalue weighted by Crippen LogP contribution is 2.29. The largest absolute Gasteiger partial charge is 0.420 e. The summed E-state index contributed by atoms with van der Waals surface area (Å²) in [5.41, 5.74) is 9.89. The van der Waals surface area contributed by atoms with E-state index in [0.717, 1.165) is 6.92 Å². The van der Waals surface area contributed by atoms with E-state index < -0.39 is 70.7 Å². The number of ether oxygens (including phenoxy) is 9. The lowest BCUT2D eigenvalue weighted by molar-refractivity contribution is -0.136. The molecular weight excluding hydrogens is 955 g/mol. The number of benzene rings is 1. The maximum absolute atomic E-state index is 14.0. The van der Waals surface area contributed by atoms with Crippen LogP contribution < -0.4 is 42.8 Å². The van der Waals surface area contributed by atoms with Crippen LogP contribution in [0.1, 0.15) is 63.4 Å². The molecule has 0 aromatic heterocycles. The predicted octanol–water partition coefficient (Wildman–Crippen LogP) is -0.0325. The molecule has 0 fully saturated rings. The Balaban J connectivity index is 2.29. The van der Waals surface area contributed by atoms with Crippen molar-refractivity contribution >= 4 is 35.5 Å². The van der Waals surface area contributed by atoms with Gasteiger partial charge in [-0.05, 0) is 39.0 Å². The maximum atomic E-state index is 14.0. The lowest BCUT2D eigenvalue weighted by atomic mass is 10.1. The van der Waals surface area contributed by atoms with Crippen LogP contribution in [-0.2, 0) is 66.7 Å². The highest BCUT2D eigenvalue weighted by atomic mass is 19.2. The van der Waals surface area contributed by atoms with Crippen molar-refractivity contribution in [2.45, 2.75) is 70.8 Å². The Morgan fingerprint density at radius 2 is 0.930 bits per heavy atom. The van der Waals surface area contributed by atoms with Gasteiger partial charge in [0.25, 0.3) is 0 Å². The van der Waals surface area contributed by atoms with Gasteiger partial charge >= 0.3 is 5.97 Å². The number of amides is 5. The average molecular weight is 1030 g/mol. The molecule has 0 radical (unpaired) electrons. The number of unbranched alkanes of at least 4 members (excludes halogenated alkanes) is 1. The summed E-state index contributed by atoms with van der Waals surface area (Å²) in [4.78, 5) is 74.6. The molecule has 1 aromatic carbocycles. The fourth-order valence-electron chi connectivity index (χ4n) is 5.71. The van der Waals surface area contributed by atoms with E-state index in [9.17, 15) is 46.3 Å². The highest BCUT2D eigenvalue weighted by molar-refractivity contribution is 5.90. The second-order valence-electron chi connectivity index (χ2n) is 15.3. The second kappa shape index (κ2) is 43.0. The first-order valence-corrected chi connectivity index (χ1v) is 23.7. The van der Waals surface area contributed by atoms with E-state index in [1.165, 1.54) is 0 Å². The molecule has 5 amide bonds. The van der Waals surface area contributed by atoms with E-state index in [4.69, 9.17) is 49.4 Å². The summed E-state index contributed by atoms with van der Waals surface area (Å²) in [6.07, 6.45) is 2.12. The third kappa shape index (κ3) is 33.6. The van der Waals surface area contributed by atoms with Crippen molar-refractivity contribution in [3.8, 4) is 5.75 Å². The molecule has 0 bridgehead atoms. The minimum Gasteiger partial charge on any atom is -0.420 e. The number of rotatable bonds is 46. The van der Waals surface area contributed by atoms with E-state index >= 15 is 0 Å². The normalized spacial score (nSPS) is 11.5. The van der Waals surface area contributed by atoms with E-state index in [-0.39, 0.29) is 117 Å². The SMILES string of the molecule is Cc1c(F)c(F)c(F)c(OC(=O)CCOCCOCCOCCOCCNC(=O)CNC(=O)[C@H](CCCCNC(=O)CCOCCOCCN)NC(=O)CCCNC(=O)CCCOCCOCCN)c1F. The quantitative estimate of drug-likeness (QED) is 0.0113. The van der Waals surface area contributed by atoms with E-state index in [1.54, 1.807) is 0 Å². The Morgan fingerprint density at radius 3 is 1.52 bits per heavy atom. The Kier molecular flexibility index (Phi) is 39.0. The van der Waals surface area contributed by atoms with E-state index in [0.29, 0.717) is 91.6 Å². The van der Waals surface area contributed by atoms with Crippen molar-refractivity contribution in [1.29, 1.82) is 0 Å². The standard InChI is InChI=1S/C45H75F4N7O15/c1-33-40(46)42(48)43(49)44(41(33)47)71-39(61)10-18-65-24-28-69-30-31-70-29-27-68-21-15-54-38(60)32-55-45(62)34(6-2-3-13-52-36(58)9-17-64-23-26-67-20-12-51)56-37(59)7-4-14-53-35(57)8-5-16-63-22-25-66-19-11-50/h34H,2-32,50-51H2,1H3,(H,52,58)(H,53,57)(H,54,60)(H,55,62)(H,56,59)/t34-/m0/s1. The first-order chi connectivity index (χ1) is 34.3. The highest BCUT2D eigenvalue weighted by Gasteiger charge is 2.26. The van der Waals surface area contributed by atoms with Gasteiger partial charge in [-0.3, -0.25) is 28.8 Å². The number of carbonyl (C=O) groups excluding carboxylic acids is 6. The van der Waals surface area contributed by atoms with Crippen LogP contribution in [0.25, 0.3) is 0 Å². The zero-order valence-corrected chi connectivity index (χ0v) is 40.8. The molecule has 0 aliphatic heterocycles. The van der Waals surface area contributed by atoms with Gasteiger partial charge in [-0.1, -0.05) is 0 Å². The predicted molar refractivity (Wildman–Crippen MR) is 247 cm³/mol. The van der Waals surface area contributed by atoms with Crippen molar-refractivity contribution in [2.24, 2.45) is 11.5 Å². The summed E-state index contributed by atoms with van der Waals surface area (Å²) in [5.74, 6) is -11.4. The summed E-state index contributed by atoms with van der Waals surface area (Å²) in [6, 6.07) is -0.959. The van der Waals surface area contributed by atoms with Crippen LogP contribution in [0.5, 0.6) is 5.75 Å². The molecule has 0 saturated carbocycles. The van der Waals surface area contributed by atoms with Gasteiger partial charge in [0.2, 0.25) is 41.1 Å². The first kappa shape index (κ1) is 64.4. The number of esters is 1. The topological polar surface area (TPSA) is 298 Å². The Bertz CT molecular complexity index is 1650. The zero-order valence-electron chi connectivity index (χ0n) is 40.8. The molecule has 1 atom stereocenters. The zero-order chi connectivity index (χ0) is 52.3. The number of carbonyl (C=O) groups is 6. The van der Waals surface area contributed by atoms with Crippen molar-refractivity contribution in [3.05, 3.63) is 28.8 Å². The molecule has 0 aliphatic carbocycles. The van der Waals surface area contributed by atoms with Crippen molar-refractivity contribution in [3.63, 3.8) is 0 Å². The Labute approximate surface area is 412 Å². The van der Waals surface area contributed by atoms with Gasteiger partial charge in [-0.2, -0.15) is 4.39 Å². The molecule has 0 saturated heterocycles. The molecule has 0 aliphatic rings. The van der Waals surface area contributed by atoms with Crippen molar-refractivity contribution in [2.75, 3.05) is 145 Å². The van der Waals surface area contributed by atoms with Crippen LogP contribution >= 0.6 is 0 Å². The number of nitrogens with one attached hydrogen (secondary N) is 5. The molecule has 22 nitrogen and oxygen atoms in total. The van der Waals surface area contributed by atoms with E-state index in [2.05, 4.69) is 31.3 Å². The summed E-state index contributed by atoms with van der Waals surface area (Å²) < 4.78 is 102. The molecule has 0 heterocycles. The number of hydrogen-bond donors (Lipinski definition) is 7. The lowest BCUT2D eigenvalue weighted by Crippen LogP contribution is -2.49. The molecule has 71 heavy (non-hydrogen) atoms. The number of halogens is 4. The minimum absolute atomic E-state index is 0.0396. The molecule has 1 rings (SSSR count). The molecule has 408 valence electrons. The molecule has 0 spiro atoms. The molecular formula is C45H75F4N7O15. The molecule has 9 N–H and O–H groups in total. The van der Waals surface area contributed by atoms with E-state index in [1.807, 2.05) is 0 Å². The smallest absolute Gasteiger partial charge is 0.313 e. The second-order valence-corrected chi connectivity index (χ2v) is 15.3. The summed E-state index contributed by atoms with van der Waals surface area (Å²) in [7, 11) is 0. The molecule has 0 unspecified atom stereocenters. The van der Waals surface area contributed by atoms with Crippen LogP contribution in [0, 0.1) is 30.2 Å². The number of nitrogens with two attached hydrogens (primary N) is 2. The summed E-state index contributed by atoms with van der Waals surface area (Å²) in [5, 5.41) is 13.4. The van der Waals surface area contributed by atoms with Crippen LogP contribution in [0.2, 0.25) is 0 Å². The van der Waals surface area contributed by atoms with Gasteiger partial charge in [0.15, 0.2) is 17.5 Å². The lowest BCUT2D eigenvalue weighted by Gasteiger charge is -2.19. The van der Waals surface area contributed by atoms with Gasteiger partial charge in [-0.25, -0.2) is 13.2 Å². The Hall–Kier alpha value is -4.64. The number of hydrogen-bond acceptors (Lipinski definition) is 17. The third-order valence-electron chi connectivity index (χ3n) is 9.45. The van der Waals surface area contributed by atoms with Crippen LogP contribution in [-0.4, -0.2) is 187 Å². The van der Waals surface area contributed by atoms with Gasteiger partial charge in [0.05, 0.1) is 112 Å². The van der Waals surface area contributed by atoms with Crippen LogP contribution in [0.15, 0.2) is 0 Å². The maximum Gasteiger partial charge on any atom is 0.313 e. The van der Waals surface area contributed by atoms with Crippen molar-refractivity contribution < 1.29 is 89.0 Å². The van der Waals surface area contributed by atoms with Gasteiger partial charge < -0.3 is 80.7 Å². The van der Waals surface area contributed by atoms with Crippen molar-refractivity contribution in [1.82, 2.24) is 26.6 Å². The van der Waals surface area contributed by atoms with Gasteiger partial charge in [-0.15, -0.1) is 0 Å². The molecule has 1 aromatic rings. The van der Waals surface area contributed by atoms with Crippen LogP contribution in [0.3, 0.4) is 0 Å². The van der Waals surface area contributed by atoms with Gasteiger partial charge in [0.1, 0.15) is 6.04 Å². The minimum atomic E-state index is -1.95. The average Bonchev–Trinajstić information content (AvgIpc) is 3.35. The summed E-state index contributed by atoms with van der Waals surface area (Å²) in [6.45, 7) is 6.24. The van der Waals surface area contributed by atoms with Gasteiger partial charge in [0, 0.05) is 64.2 Å². The Morgan fingerprint density at radius 1 is 0.451 bits per heavy atom. The molecule has 26 heteroatoms. The summed E-state index contributed by atoms with van der Waals surface area (Å²) >= 11 is 0. The van der Waals surface area contributed by atoms with Crippen LogP contribution in [0.4, 0.5) is 17.6 Å². The third-order valence-corrected chi connectivity index (χ3v) is 9.45.